The van der Waals surface area contributed by atoms with Gasteiger partial charge >= 0.3 is 5.97 Å². The molecule has 1 aliphatic rings. The smallest absolute Gasteiger partial charge is 0.320 e. The normalized spacial score (nSPS) is 18.1. The molecule has 7 heteroatoms. The van der Waals surface area contributed by atoms with Gasteiger partial charge in [0.25, 0.3) is 0 Å². The summed E-state index contributed by atoms with van der Waals surface area (Å²) in [6, 6.07) is 0. The van der Waals surface area contributed by atoms with Crippen LogP contribution in [0.15, 0.2) is 0 Å². The molecular weight excluding hydrogens is 244 g/mol. The number of hydrogen-bond donors (Lipinski definition) is 2. The minimum absolute atomic E-state index is 0.312. The van der Waals surface area contributed by atoms with Crippen LogP contribution in [0.3, 0.4) is 0 Å². The highest BCUT2D eigenvalue weighted by molar-refractivity contribution is 7.90. The van der Waals surface area contributed by atoms with Gasteiger partial charge in [0, 0.05) is 6.54 Å². The summed E-state index contributed by atoms with van der Waals surface area (Å²) in [6.07, 6.45) is 4.43. The Bertz CT molecular complexity index is 336. The summed E-state index contributed by atoms with van der Waals surface area (Å²) in [6.45, 7) is 3.35. The first-order chi connectivity index (χ1) is 7.99. The van der Waals surface area contributed by atoms with Crippen molar-refractivity contribution in [3.05, 3.63) is 0 Å². The van der Waals surface area contributed by atoms with E-state index in [2.05, 4.69) is 9.62 Å². The monoisotopic (exact) mass is 264 g/mol. The van der Waals surface area contributed by atoms with Gasteiger partial charge in [-0.15, -0.1) is 0 Å². The molecule has 0 radical (unpaired) electrons. The van der Waals surface area contributed by atoms with E-state index in [-0.39, 0.29) is 0 Å². The van der Waals surface area contributed by atoms with Gasteiger partial charge in [-0.3, -0.25) is 4.79 Å². The van der Waals surface area contributed by atoms with Gasteiger partial charge in [-0.2, -0.15) is 0 Å². The quantitative estimate of drug-likeness (QED) is 0.625. The third kappa shape index (κ3) is 6.60. The fraction of sp³-hybridized carbons (Fsp3) is 0.900. The predicted molar refractivity (Wildman–Crippen MR) is 64.3 cm³/mol. The van der Waals surface area contributed by atoms with Crippen LogP contribution in [-0.2, 0) is 14.8 Å². The van der Waals surface area contributed by atoms with E-state index in [0.717, 1.165) is 26.1 Å². The number of nitrogens with one attached hydrogen (secondary N) is 1. The lowest BCUT2D eigenvalue weighted by molar-refractivity contribution is -0.134. The van der Waals surface area contributed by atoms with E-state index in [1.807, 2.05) is 0 Å². The second-order valence-electron chi connectivity index (χ2n) is 4.30. The second-order valence-corrected chi connectivity index (χ2v) is 6.11. The Morgan fingerprint density at radius 1 is 1.24 bits per heavy atom. The number of likely N-dealkylation sites (tertiary alicyclic amines) is 1. The van der Waals surface area contributed by atoms with Crippen LogP contribution in [0.25, 0.3) is 0 Å². The fourth-order valence-electron chi connectivity index (χ4n) is 1.93. The molecule has 0 aromatic rings. The fourth-order valence-corrected chi connectivity index (χ4v) is 2.81. The SMILES string of the molecule is O=C(O)CS(=O)(=O)NCCCN1CCCCC1. The highest BCUT2D eigenvalue weighted by atomic mass is 32.2. The summed E-state index contributed by atoms with van der Waals surface area (Å²) >= 11 is 0. The van der Waals surface area contributed by atoms with Gasteiger partial charge in [0.1, 0.15) is 0 Å². The molecule has 2 N–H and O–H groups in total. The van der Waals surface area contributed by atoms with Gasteiger partial charge < -0.3 is 10.0 Å². The van der Waals surface area contributed by atoms with Gasteiger partial charge in [-0.25, -0.2) is 13.1 Å². The maximum Gasteiger partial charge on any atom is 0.320 e. The Kier molecular flexibility index (Phi) is 5.87. The zero-order valence-electron chi connectivity index (χ0n) is 9.89. The summed E-state index contributed by atoms with van der Waals surface area (Å²) < 4.78 is 24.7. The third-order valence-electron chi connectivity index (χ3n) is 2.74. The van der Waals surface area contributed by atoms with Crippen molar-refractivity contribution >= 4 is 16.0 Å². The van der Waals surface area contributed by atoms with Crippen LogP contribution in [-0.4, -0.2) is 56.3 Å². The lowest BCUT2D eigenvalue weighted by Gasteiger charge is -2.26. The average Bonchev–Trinajstić information content (AvgIpc) is 2.24. The Morgan fingerprint density at radius 2 is 1.88 bits per heavy atom. The van der Waals surface area contributed by atoms with Crippen molar-refractivity contribution in [2.75, 3.05) is 31.9 Å². The molecule has 0 saturated carbocycles. The van der Waals surface area contributed by atoms with Crippen LogP contribution < -0.4 is 4.72 Å². The number of carbonyl (C=O) groups is 1. The first kappa shape index (κ1) is 14.4. The van der Waals surface area contributed by atoms with Crippen molar-refractivity contribution in [3.8, 4) is 0 Å². The van der Waals surface area contributed by atoms with E-state index in [4.69, 9.17) is 5.11 Å². The topological polar surface area (TPSA) is 86.7 Å². The van der Waals surface area contributed by atoms with Crippen LogP contribution in [0.5, 0.6) is 0 Å². The van der Waals surface area contributed by atoms with Gasteiger partial charge in [0.05, 0.1) is 0 Å². The summed E-state index contributed by atoms with van der Waals surface area (Å²) in [5.41, 5.74) is 0. The van der Waals surface area contributed by atoms with E-state index in [9.17, 15) is 13.2 Å². The molecule has 1 saturated heterocycles. The molecule has 1 rings (SSSR count). The standard InChI is InChI=1S/C10H20N2O4S/c13-10(14)9-17(15,16)11-5-4-8-12-6-2-1-3-7-12/h11H,1-9H2,(H,13,14). The van der Waals surface area contributed by atoms with Crippen molar-refractivity contribution < 1.29 is 18.3 Å². The molecule has 1 aliphatic heterocycles. The van der Waals surface area contributed by atoms with Crippen LogP contribution in [0.2, 0.25) is 0 Å². The molecule has 0 spiro atoms. The number of rotatable bonds is 7. The zero-order chi connectivity index (χ0) is 12.7. The van der Waals surface area contributed by atoms with Crippen molar-refractivity contribution in [3.63, 3.8) is 0 Å². The maximum absolute atomic E-state index is 11.2. The Hall–Kier alpha value is -0.660. The van der Waals surface area contributed by atoms with Crippen LogP contribution in [0, 0.1) is 0 Å². The largest absolute Gasteiger partial charge is 0.480 e. The molecule has 0 aromatic heterocycles. The van der Waals surface area contributed by atoms with E-state index in [1.165, 1.54) is 19.3 Å². The van der Waals surface area contributed by atoms with Gasteiger partial charge in [0.15, 0.2) is 5.75 Å². The number of sulfonamides is 1. The van der Waals surface area contributed by atoms with E-state index < -0.39 is 21.7 Å². The minimum Gasteiger partial charge on any atom is -0.480 e. The Morgan fingerprint density at radius 3 is 2.47 bits per heavy atom. The number of hydrogen-bond acceptors (Lipinski definition) is 4. The Labute approximate surface area is 102 Å². The van der Waals surface area contributed by atoms with E-state index in [0.29, 0.717) is 6.54 Å². The molecule has 100 valence electrons. The van der Waals surface area contributed by atoms with Crippen LogP contribution in [0.4, 0.5) is 0 Å². The third-order valence-corrected chi connectivity index (χ3v) is 4.01. The van der Waals surface area contributed by atoms with Crippen molar-refractivity contribution in [1.29, 1.82) is 0 Å². The molecule has 0 bridgehead atoms. The summed E-state index contributed by atoms with van der Waals surface area (Å²) in [4.78, 5) is 12.6. The minimum atomic E-state index is -3.65. The van der Waals surface area contributed by atoms with Gasteiger partial charge in [-0.1, -0.05) is 6.42 Å². The molecule has 0 aliphatic carbocycles. The van der Waals surface area contributed by atoms with Gasteiger partial charge in [0.2, 0.25) is 10.0 Å². The number of carboxylic acid groups (broad SMARTS) is 1. The number of carboxylic acids is 1. The highest BCUT2D eigenvalue weighted by Crippen LogP contribution is 2.08. The number of piperidine rings is 1. The lowest BCUT2D eigenvalue weighted by Crippen LogP contribution is -2.35. The van der Waals surface area contributed by atoms with E-state index >= 15 is 0 Å². The van der Waals surface area contributed by atoms with Gasteiger partial charge in [-0.05, 0) is 38.9 Å². The molecule has 0 amide bonds. The van der Waals surface area contributed by atoms with Crippen molar-refractivity contribution in [2.24, 2.45) is 0 Å². The molecule has 0 unspecified atom stereocenters. The molecular formula is C10H20N2O4S. The predicted octanol–water partition coefficient (Wildman–Crippen LogP) is -0.134. The van der Waals surface area contributed by atoms with Crippen molar-refractivity contribution in [2.45, 2.75) is 25.7 Å². The zero-order valence-corrected chi connectivity index (χ0v) is 10.7. The summed E-state index contributed by atoms with van der Waals surface area (Å²) in [7, 11) is -3.65. The first-order valence-corrected chi connectivity index (χ1v) is 7.56. The average molecular weight is 264 g/mol. The molecule has 17 heavy (non-hydrogen) atoms. The lowest BCUT2D eigenvalue weighted by atomic mass is 10.1. The molecule has 6 nitrogen and oxygen atoms in total. The molecule has 0 aromatic carbocycles. The highest BCUT2D eigenvalue weighted by Gasteiger charge is 2.15. The van der Waals surface area contributed by atoms with Crippen LogP contribution in [0.1, 0.15) is 25.7 Å². The molecule has 1 fully saturated rings. The molecule has 1 heterocycles. The van der Waals surface area contributed by atoms with Crippen LogP contribution >= 0.6 is 0 Å². The van der Waals surface area contributed by atoms with Crippen molar-refractivity contribution in [1.82, 2.24) is 9.62 Å². The maximum atomic E-state index is 11.2. The van der Waals surface area contributed by atoms with E-state index in [1.54, 1.807) is 0 Å². The number of nitrogens with zero attached hydrogens (tertiary/aromatic N) is 1. The molecule has 0 atom stereocenters. The number of aliphatic carboxylic acids is 1. The summed E-state index contributed by atoms with van der Waals surface area (Å²) in [5.74, 6) is -2.18. The second kappa shape index (κ2) is 6.93. The summed E-state index contributed by atoms with van der Waals surface area (Å²) in [5, 5.41) is 8.38. The Balaban J connectivity index is 2.12. The first-order valence-electron chi connectivity index (χ1n) is 5.91.